The SMILES string of the molecule is O=C(O)N1Cc2ccc[c]c2C=N1. The van der Waals surface area contributed by atoms with Gasteiger partial charge < -0.3 is 5.11 Å². The molecule has 65 valence electrons. The molecule has 1 aliphatic rings. The Morgan fingerprint density at radius 1 is 1.69 bits per heavy atom. The maximum absolute atomic E-state index is 10.6. The van der Waals surface area contributed by atoms with E-state index >= 15 is 0 Å². The third-order valence-electron chi connectivity index (χ3n) is 1.85. The van der Waals surface area contributed by atoms with Crippen molar-refractivity contribution in [3.8, 4) is 0 Å². The number of hydrogen-bond acceptors (Lipinski definition) is 2. The number of hydrogen-bond donors (Lipinski definition) is 1. The fraction of sp³-hybridized carbons (Fsp3) is 0.111. The summed E-state index contributed by atoms with van der Waals surface area (Å²) >= 11 is 0. The maximum Gasteiger partial charge on any atom is 0.428 e. The molecule has 1 aromatic carbocycles. The van der Waals surface area contributed by atoms with E-state index in [0.29, 0.717) is 6.54 Å². The highest BCUT2D eigenvalue weighted by Crippen LogP contribution is 2.14. The summed E-state index contributed by atoms with van der Waals surface area (Å²) in [6, 6.07) is 8.46. The number of carboxylic acid groups (broad SMARTS) is 1. The topological polar surface area (TPSA) is 52.9 Å². The first-order valence-corrected chi connectivity index (χ1v) is 3.81. The lowest BCUT2D eigenvalue weighted by Crippen LogP contribution is -2.26. The molecule has 1 amide bonds. The molecule has 2 rings (SSSR count). The van der Waals surface area contributed by atoms with Crippen molar-refractivity contribution in [1.82, 2.24) is 5.01 Å². The van der Waals surface area contributed by atoms with Gasteiger partial charge in [-0.15, -0.1) is 0 Å². The summed E-state index contributed by atoms with van der Waals surface area (Å²) in [5, 5.41) is 13.4. The van der Waals surface area contributed by atoms with Crippen LogP contribution in [0.5, 0.6) is 0 Å². The van der Waals surface area contributed by atoms with Crippen molar-refractivity contribution in [1.29, 1.82) is 0 Å². The minimum absolute atomic E-state index is 0.304. The molecule has 1 radical (unpaired) electrons. The Morgan fingerprint density at radius 3 is 3.31 bits per heavy atom. The number of nitrogens with zero attached hydrogens (tertiary/aromatic N) is 2. The molecule has 0 aliphatic carbocycles. The predicted octanol–water partition coefficient (Wildman–Crippen LogP) is 1.31. The summed E-state index contributed by atoms with van der Waals surface area (Å²) in [4.78, 5) is 10.6. The summed E-state index contributed by atoms with van der Waals surface area (Å²) in [6.45, 7) is 0.304. The minimum Gasteiger partial charge on any atom is -0.464 e. The number of carbonyl (C=O) groups is 1. The van der Waals surface area contributed by atoms with Crippen molar-refractivity contribution >= 4 is 12.3 Å². The first-order valence-electron chi connectivity index (χ1n) is 3.81. The van der Waals surface area contributed by atoms with Crippen LogP contribution in [0.1, 0.15) is 11.1 Å². The molecule has 0 spiro atoms. The maximum atomic E-state index is 10.6. The van der Waals surface area contributed by atoms with Gasteiger partial charge >= 0.3 is 6.09 Å². The zero-order chi connectivity index (χ0) is 9.26. The second-order valence-electron chi connectivity index (χ2n) is 2.69. The van der Waals surface area contributed by atoms with Gasteiger partial charge in [0.2, 0.25) is 0 Å². The summed E-state index contributed by atoms with van der Waals surface area (Å²) in [5.74, 6) is 0. The van der Waals surface area contributed by atoms with Gasteiger partial charge in [-0.1, -0.05) is 18.2 Å². The standard InChI is InChI=1S/C9H7N2O2/c12-9(13)11-6-8-4-2-1-3-7(8)5-10-11/h1-2,4-5H,6H2,(H,12,13). The monoisotopic (exact) mass is 175 g/mol. The van der Waals surface area contributed by atoms with Crippen molar-refractivity contribution in [3.63, 3.8) is 0 Å². The molecule has 1 aromatic rings. The van der Waals surface area contributed by atoms with Crippen LogP contribution in [0.3, 0.4) is 0 Å². The van der Waals surface area contributed by atoms with E-state index in [-0.39, 0.29) is 0 Å². The van der Waals surface area contributed by atoms with Crippen LogP contribution in [-0.4, -0.2) is 22.4 Å². The molecule has 1 heterocycles. The molecule has 4 nitrogen and oxygen atoms in total. The Hall–Kier alpha value is -1.84. The molecule has 4 heteroatoms. The molecule has 0 unspecified atom stereocenters. The van der Waals surface area contributed by atoms with Crippen molar-refractivity contribution in [3.05, 3.63) is 35.4 Å². The zero-order valence-corrected chi connectivity index (χ0v) is 6.77. The van der Waals surface area contributed by atoms with Crippen LogP contribution in [0.4, 0.5) is 4.79 Å². The van der Waals surface area contributed by atoms with Gasteiger partial charge in [0.15, 0.2) is 0 Å². The van der Waals surface area contributed by atoms with E-state index in [4.69, 9.17) is 5.11 Å². The van der Waals surface area contributed by atoms with E-state index in [9.17, 15) is 4.79 Å². The van der Waals surface area contributed by atoms with Crippen LogP contribution in [0.25, 0.3) is 0 Å². The van der Waals surface area contributed by atoms with Crippen molar-refractivity contribution < 1.29 is 9.90 Å². The van der Waals surface area contributed by atoms with E-state index in [1.165, 1.54) is 6.21 Å². The van der Waals surface area contributed by atoms with Crippen LogP contribution in [0.15, 0.2) is 23.3 Å². The number of amides is 1. The third kappa shape index (κ3) is 1.38. The second kappa shape index (κ2) is 2.90. The molecular weight excluding hydrogens is 168 g/mol. The molecule has 0 fully saturated rings. The van der Waals surface area contributed by atoms with Crippen LogP contribution in [-0.2, 0) is 6.54 Å². The van der Waals surface area contributed by atoms with Crippen LogP contribution < -0.4 is 0 Å². The van der Waals surface area contributed by atoms with Gasteiger partial charge in [-0.05, 0) is 11.6 Å². The largest absolute Gasteiger partial charge is 0.464 e. The molecule has 13 heavy (non-hydrogen) atoms. The van der Waals surface area contributed by atoms with Crippen LogP contribution >= 0.6 is 0 Å². The second-order valence-corrected chi connectivity index (χ2v) is 2.69. The molecule has 0 atom stereocenters. The smallest absolute Gasteiger partial charge is 0.428 e. The fourth-order valence-corrected chi connectivity index (χ4v) is 1.19. The van der Waals surface area contributed by atoms with Gasteiger partial charge in [-0.25, -0.2) is 4.79 Å². The summed E-state index contributed by atoms with van der Waals surface area (Å²) in [5.41, 5.74) is 1.79. The first-order chi connectivity index (χ1) is 6.27. The lowest BCUT2D eigenvalue weighted by Gasteiger charge is -2.18. The Labute approximate surface area is 75.1 Å². The average Bonchev–Trinajstić information content (AvgIpc) is 2.17. The number of benzene rings is 1. The van der Waals surface area contributed by atoms with Gasteiger partial charge in [0.1, 0.15) is 0 Å². The Balaban J connectivity index is 2.34. The molecule has 0 bridgehead atoms. The van der Waals surface area contributed by atoms with Crippen LogP contribution in [0.2, 0.25) is 0 Å². The highest BCUT2D eigenvalue weighted by molar-refractivity contribution is 5.83. The lowest BCUT2D eigenvalue weighted by atomic mass is 10.1. The first kappa shape index (κ1) is 7.79. The van der Waals surface area contributed by atoms with Gasteiger partial charge in [0, 0.05) is 5.56 Å². The minimum atomic E-state index is -1.04. The highest BCUT2D eigenvalue weighted by Gasteiger charge is 2.15. The molecule has 0 saturated carbocycles. The quantitative estimate of drug-likeness (QED) is 0.646. The lowest BCUT2D eigenvalue weighted by molar-refractivity contribution is 0.144. The number of fused-ring (bicyclic) bond motifs is 1. The summed E-state index contributed by atoms with van der Waals surface area (Å²) < 4.78 is 0. The summed E-state index contributed by atoms with van der Waals surface area (Å²) in [6.07, 6.45) is 0.471. The summed E-state index contributed by atoms with van der Waals surface area (Å²) in [7, 11) is 0. The van der Waals surface area contributed by atoms with Crippen molar-refractivity contribution in [2.45, 2.75) is 6.54 Å². The number of rotatable bonds is 0. The molecule has 1 aliphatic heterocycles. The van der Waals surface area contributed by atoms with E-state index in [1.54, 1.807) is 6.07 Å². The van der Waals surface area contributed by atoms with Crippen molar-refractivity contribution in [2.24, 2.45) is 5.10 Å². The number of hydrazone groups is 1. The molecule has 0 aromatic heterocycles. The molecule has 0 saturated heterocycles. The average molecular weight is 175 g/mol. The van der Waals surface area contributed by atoms with Gasteiger partial charge in [0.25, 0.3) is 0 Å². The third-order valence-corrected chi connectivity index (χ3v) is 1.85. The van der Waals surface area contributed by atoms with Gasteiger partial charge in [0.05, 0.1) is 12.8 Å². The fourth-order valence-electron chi connectivity index (χ4n) is 1.19. The van der Waals surface area contributed by atoms with Gasteiger partial charge in [-0.2, -0.15) is 10.1 Å². The van der Waals surface area contributed by atoms with Gasteiger partial charge in [-0.3, -0.25) is 0 Å². The highest BCUT2D eigenvalue weighted by atomic mass is 16.4. The van der Waals surface area contributed by atoms with E-state index < -0.39 is 6.09 Å². The molecule has 1 N–H and O–H groups in total. The Bertz CT molecular complexity index is 374. The Kier molecular flexibility index (Phi) is 1.73. The van der Waals surface area contributed by atoms with E-state index in [2.05, 4.69) is 11.2 Å². The molecular formula is C9H7N2O2. The van der Waals surface area contributed by atoms with E-state index in [0.717, 1.165) is 16.1 Å². The van der Waals surface area contributed by atoms with Crippen molar-refractivity contribution in [2.75, 3.05) is 0 Å². The van der Waals surface area contributed by atoms with E-state index in [1.807, 2.05) is 12.1 Å². The van der Waals surface area contributed by atoms with Crippen LogP contribution in [0, 0.1) is 6.07 Å². The normalized spacial score (nSPS) is 14.0. The Morgan fingerprint density at radius 2 is 2.54 bits per heavy atom. The predicted molar refractivity (Wildman–Crippen MR) is 46.4 cm³/mol. The zero-order valence-electron chi connectivity index (χ0n) is 6.77.